The van der Waals surface area contributed by atoms with Crippen LogP contribution in [0.25, 0.3) is 22.0 Å². The molecule has 4 rings (SSSR count). The van der Waals surface area contributed by atoms with E-state index >= 15 is 0 Å². The Kier molecular flexibility index (Phi) is 5.81. The van der Waals surface area contributed by atoms with Gasteiger partial charge >= 0.3 is 5.97 Å². The number of thioether (sulfide) groups is 1. The molecule has 0 spiro atoms. The standard InChI is InChI=1S/C23H19N3O2S/c1-2-28-22(27)21-19(15-29-23-24-13-8-14-25-23)26-18-12-7-6-11-17(18)20(21)16-9-4-3-5-10-16/h3-14H,2,15H2,1H3. The Morgan fingerprint density at radius 3 is 2.45 bits per heavy atom. The summed E-state index contributed by atoms with van der Waals surface area (Å²) in [5.41, 5.74) is 3.80. The Labute approximate surface area is 173 Å². The minimum Gasteiger partial charge on any atom is -0.462 e. The zero-order valence-electron chi connectivity index (χ0n) is 15.9. The third-order valence-corrected chi connectivity index (χ3v) is 5.28. The molecule has 0 aliphatic heterocycles. The molecule has 2 aromatic heterocycles. The number of hydrogen-bond acceptors (Lipinski definition) is 6. The zero-order chi connectivity index (χ0) is 20.1. The molecular formula is C23H19N3O2S. The van der Waals surface area contributed by atoms with E-state index in [0.717, 1.165) is 22.0 Å². The average Bonchev–Trinajstić information content (AvgIpc) is 2.78. The number of esters is 1. The van der Waals surface area contributed by atoms with Crippen molar-refractivity contribution in [3.8, 4) is 11.1 Å². The van der Waals surface area contributed by atoms with Crippen molar-refractivity contribution >= 4 is 28.6 Å². The zero-order valence-corrected chi connectivity index (χ0v) is 16.7. The first-order chi connectivity index (χ1) is 14.3. The fourth-order valence-corrected chi connectivity index (χ4v) is 3.93. The molecule has 0 aliphatic carbocycles. The summed E-state index contributed by atoms with van der Waals surface area (Å²) >= 11 is 1.44. The Bertz CT molecular complexity index is 1130. The minimum atomic E-state index is -0.366. The topological polar surface area (TPSA) is 65.0 Å². The van der Waals surface area contributed by atoms with Gasteiger partial charge in [-0.05, 0) is 24.6 Å². The molecule has 0 fully saturated rings. The van der Waals surface area contributed by atoms with E-state index in [2.05, 4.69) is 9.97 Å². The number of ether oxygens (including phenoxy) is 1. The lowest BCUT2D eigenvalue weighted by atomic mass is 9.94. The van der Waals surface area contributed by atoms with Crippen LogP contribution in [0.2, 0.25) is 0 Å². The van der Waals surface area contributed by atoms with Gasteiger partial charge in [-0.15, -0.1) is 0 Å². The van der Waals surface area contributed by atoms with Gasteiger partial charge < -0.3 is 4.74 Å². The number of hydrogen-bond donors (Lipinski definition) is 0. The number of carbonyl (C=O) groups is 1. The summed E-state index contributed by atoms with van der Waals surface area (Å²) in [5.74, 6) is 0.0946. The van der Waals surface area contributed by atoms with Crippen molar-refractivity contribution in [3.05, 3.63) is 84.3 Å². The highest BCUT2D eigenvalue weighted by Gasteiger charge is 2.23. The second kappa shape index (κ2) is 8.84. The Morgan fingerprint density at radius 1 is 0.966 bits per heavy atom. The number of rotatable bonds is 6. The molecule has 0 N–H and O–H groups in total. The van der Waals surface area contributed by atoms with Crippen LogP contribution < -0.4 is 0 Å². The van der Waals surface area contributed by atoms with Crippen molar-refractivity contribution in [2.24, 2.45) is 0 Å². The van der Waals surface area contributed by atoms with Gasteiger partial charge in [-0.3, -0.25) is 4.98 Å². The number of benzene rings is 2. The number of carbonyl (C=O) groups excluding carboxylic acids is 1. The van der Waals surface area contributed by atoms with Gasteiger partial charge in [0.2, 0.25) is 0 Å². The van der Waals surface area contributed by atoms with E-state index < -0.39 is 0 Å². The van der Waals surface area contributed by atoms with Crippen molar-refractivity contribution in [2.45, 2.75) is 17.8 Å². The van der Waals surface area contributed by atoms with E-state index in [0.29, 0.717) is 28.8 Å². The van der Waals surface area contributed by atoms with Gasteiger partial charge in [-0.2, -0.15) is 0 Å². The Hall–Kier alpha value is -3.25. The molecule has 0 saturated carbocycles. The first-order valence-electron chi connectivity index (χ1n) is 9.32. The number of para-hydroxylation sites is 1. The summed E-state index contributed by atoms with van der Waals surface area (Å²) in [6, 6.07) is 19.5. The smallest absolute Gasteiger partial charge is 0.340 e. The van der Waals surface area contributed by atoms with Gasteiger partial charge in [-0.25, -0.2) is 14.8 Å². The predicted octanol–water partition coefficient (Wildman–Crippen LogP) is 5.16. The van der Waals surface area contributed by atoms with E-state index in [-0.39, 0.29) is 5.97 Å². The van der Waals surface area contributed by atoms with Crippen molar-refractivity contribution < 1.29 is 9.53 Å². The molecule has 0 radical (unpaired) electrons. The van der Waals surface area contributed by atoms with E-state index in [4.69, 9.17) is 9.72 Å². The largest absolute Gasteiger partial charge is 0.462 e. The highest BCUT2D eigenvalue weighted by Crippen LogP contribution is 2.35. The van der Waals surface area contributed by atoms with Crippen LogP contribution in [0.4, 0.5) is 0 Å². The minimum absolute atomic E-state index is 0.300. The van der Waals surface area contributed by atoms with E-state index in [1.54, 1.807) is 25.4 Å². The molecule has 5 nitrogen and oxygen atoms in total. The molecule has 0 unspecified atom stereocenters. The van der Waals surface area contributed by atoms with Crippen molar-refractivity contribution in [2.75, 3.05) is 6.61 Å². The quantitative estimate of drug-likeness (QED) is 0.253. The molecule has 2 aromatic carbocycles. The van der Waals surface area contributed by atoms with E-state index in [9.17, 15) is 4.79 Å². The summed E-state index contributed by atoms with van der Waals surface area (Å²) in [4.78, 5) is 26.3. The second-order valence-corrected chi connectivity index (χ2v) is 7.17. The average molecular weight is 401 g/mol. The Morgan fingerprint density at radius 2 is 1.69 bits per heavy atom. The number of fused-ring (bicyclic) bond motifs is 1. The fraction of sp³-hybridized carbons (Fsp3) is 0.130. The maximum absolute atomic E-state index is 13.0. The van der Waals surface area contributed by atoms with Crippen LogP contribution in [-0.4, -0.2) is 27.5 Å². The van der Waals surface area contributed by atoms with Gasteiger partial charge in [0.1, 0.15) is 0 Å². The van der Waals surface area contributed by atoms with Gasteiger partial charge in [0.05, 0.1) is 23.4 Å². The third-order valence-electron chi connectivity index (χ3n) is 4.39. The molecule has 29 heavy (non-hydrogen) atoms. The van der Waals surface area contributed by atoms with Gasteiger partial charge in [0, 0.05) is 29.1 Å². The lowest BCUT2D eigenvalue weighted by Crippen LogP contribution is -2.12. The SMILES string of the molecule is CCOC(=O)c1c(CSc2ncccn2)nc2ccccc2c1-c1ccccc1. The highest BCUT2D eigenvalue weighted by atomic mass is 32.2. The van der Waals surface area contributed by atoms with Gasteiger partial charge in [-0.1, -0.05) is 60.3 Å². The van der Waals surface area contributed by atoms with Crippen LogP contribution in [-0.2, 0) is 10.5 Å². The maximum atomic E-state index is 13.0. The summed E-state index contributed by atoms with van der Waals surface area (Å²) < 4.78 is 5.41. The van der Waals surface area contributed by atoms with Crippen LogP contribution >= 0.6 is 11.8 Å². The molecule has 144 valence electrons. The van der Waals surface area contributed by atoms with E-state index in [1.807, 2.05) is 54.6 Å². The summed E-state index contributed by atoms with van der Waals surface area (Å²) in [7, 11) is 0. The summed E-state index contributed by atoms with van der Waals surface area (Å²) in [6.07, 6.45) is 3.40. The van der Waals surface area contributed by atoms with E-state index in [1.165, 1.54) is 11.8 Å². The molecular weight excluding hydrogens is 382 g/mol. The number of aromatic nitrogens is 3. The Balaban J connectivity index is 1.91. The second-order valence-electron chi connectivity index (χ2n) is 6.23. The predicted molar refractivity (Wildman–Crippen MR) is 115 cm³/mol. The van der Waals surface area contributed by atoms with Crippen LogP contribution in [0.15, 0.2) is 78.2 Å². The summed E-state index contributed by atoms with van der Waals surface area (Å²) in [5, 5.41) is 1.56. The monoisotopic (exact) mass is 401 g/mol. The fourth-order valence-electron chi connectivity index (χ4n) is 3.19. The molecule has 2 heterocycles. The van der Waals surface area contributed by atoms with Crippen LogP contribution in [0.3, 0.4) is 0 Å². The molecule has 0 atom stereocenters. The molecule has 4 aromatic rings. The number of nitrogens with zero attached hydrogens (tertiary/aromatic N) is 3. The molecule has 0 aliphatic rings. The maximum Gasteiger partial charge on any atom is 0.340 e. The lowest BCUT2D eigenvalue weighted by Gasteiger charge is -2.16. The molecule has 0 saturated heterocycles. The molecule has 0 amide bonds. The van der Waals surface area contributed by atoms with Crippen LogP contribution in [0.5, 0.6) is 0 Å². The van der Waals surface area contributed by atoms with Crippen LogP contribution in [0.1, 0.15) is 23.0 Å². The van der Waals surface area contributed by atoms with Gasteiger partial charge in [0.15, 0.2) is 5.16 Å². The lowest BCUT2D eigenvalue weighted by molar-refractivity contribution is 0.0526. The molecule has 0 bridgehead atoms. The van der Waals surface area contributed by atoms with Gasteiger partial charge in [0.25, 0.3) is 0 Å². The normalized spacial score (nSPS) is 10.8. The van der Waals surface area contributed by atoms with Crippen molar-refractivity contribution in [1.82, 2.24) is 15.0 Å². The van der Waals surface area contributed by atoms with Crippen molar-refractivity contribution in [3.63, 3.8) is 0 Å². The number of pyridine rings is 1. The summed E-state index contributed by atoms with van der Waals surface area (Å²) in [6.45, 7) is 2.11. The first-order valence-corrected chi connectivity index (χ1v) is 10.3. The first kappa shape index (κ1) is 19.1. The van der Waals surface area contributed by atoms with Crippen LogP contribution in [0, 0.1) is 0 Å². The van der Waals surface area contributed by atoms with Crippen molar-refractivity contribution in [1.29, 1.82) is 0 Å². The third kappa shape index (κ3) is 4.12. The molecule has 6 heteroatoms. The highest BCUT2D eigenvalue weighted by molar-refractivity contribution is 7.98.